The zero-order valence-corrected chi connectivity index (χ0v) is 12.3. The molecule has 0 unspecified atom stereocenters. The maximum absolute atomic E-state index is 12.3. The van der Waals surface area contributed by atoms with Gasteiger partial charge in [-0.05, 0) is 25.1 Å². The number of aromatic amines is 2. The molecule has 0 bridgehead atoms. The van der Waals surface area contributed by atoms with Crippen molar-refractivity contribution < 1.29 is 9.21 Å². The summed E-state index contributed by atoms with van der Waals surface area (Å²) in [6, 6.07) is 9.34. The van der Waals surface area contributed by atoms with Gasteiger partial charge < -0.3 is 14.7 Å². The fourth-order valence-corrected chi connectivity index (χ4v) is 2.44. The summed E-state index contributed by atoms with van der Waals surface area (Å²) in [6.07, 6.45) is 3.04. The van der Waals surface area contributed by atoms with E-state index in [1.165, 1.54) is 6.26 Å². The summed E-state index contributed by atoms with van der Waals surface area (Å²) < 4.78 is 5.16. The summed E-state index contributed by atoms with van der Waals surface area (Å²) in [5, 5.41) is 9.69. The number of imidazole rings is 1. The number of aryl methyl sites for hydroxylation is 1. The molecule has 4 rings (SSSR count). The normalized spacial score (nSPS) is 11.0. The van der Waals surface area contributed by atoms with E-state index in [4.69, 9.17) is 4.42 Å². The number of benzene rings is 1. The number of carbonyl (C=O) groups is 1. The second-order valence-corrected chi connectivity index (χ2v) is 5.11. The molecule has 0 spiro atoms. The van der Waals surface area contributed by atoms with Gasteiger partial charge in [-0.15, -0.1) is 0 Å². The molecule has 114 valence electrons. The van der Waals surface area contributed by atoms with Crippen LogP contribution in [0.3, 0.4) is 0 Å². The highest BCUT2D eigenvalue weighted by Crippen LogP contribution is 2.25. The van der Waals surface area contributed by atoms with Gasteiger partial charge in [0.25, 0.3) is 5.91 Å². The number of anilines is 1. The number of H-pyrrole nitrogens is 2. The van der Waals surface area contributed by atoms with Crippen molar-refractivity contribution in [3.05, 3.63) is 54.1 Å². The smallest absolute Gasteiger partial charge is 0.259 e. The van der Waals surface area contributed by atoms with E-state index in [1.54, 1.807) is 19.2 Å². The van der Waals surface area contributed by atoms with Crippen LogP contribution in [-0.4, -0.2) is 26.1 Å². The topological polar surface area (TPSA) is 99.6 Å². The van der Waals surface area contributed by atoms with Crippen LogP contribution in [0.4, 0.5) is 5.69 Å². The molecule has 7 heteroatoms. The van der Waals surface area contributed by atoms with Gasteiger partial charge >= 0.3 is 0 Å². The minimum atomic E-state index is -0.255. The standard InChI is InChI=1S/C16H13N5O2/c1-9-10(6-7-23-9)16(22)20-13-8-17-21-14(13)15-18-11-4-2-3-5-12(11)19-15/h2-8H,1H3,(H,17,21)(H,18,19)(H,20,22). The Kier molecular flexibility index (Phi) is 2.97. The quantitative estimate of drug-likeness (QED) is 0.541. The van der Waals surface area contributed by atoms with E-state index in [0.717, 1.165) is 11.0 Å². The lowest BCUT2D eigenvalue weighted by molar-refractivity contribution is 0.102. The molecule has 1 aromatic carbocycles. The van der Waals surface area contributed by atoms with Crippen LogP contribution in [0.2, 0.25) is 0 Å². The number of nitrogens with one attached hydrogen (secondary N) is 3. The summed E-state index contributed by atoms with van der Waals surface area (Å²) >= 11 is 0. The first-order chi connectivity index (χ1) is 11.2. The highest BCUT2D eigenvalue weighted by Gasteiger charge is 2.17. The number of nitrogens with zero attached hydrogens (tertiary/aromatic N) is 2. The summed E-state index contributed by atoms with van der Waals surface area (Å²) in [6.45, 7) is 1.74. The van der Waals surface area contributed by atoms with Crippen molar-refractivity contribution in [2.24, 2.45) is 0 Å². The first kappa shape index (κ1) is 13.3. The van der Waals surface area contributed by atoms with Crippen LogP contribution in [0.5, 0.6) is 0 Å². The van der Waals surface area contributed by atoms with Gasteiger partial charge in [-0.3, -0.25) is 9.89 Å². The minimum Gasteiger partial charge on any atom is -0.469 e. The molecule has 23 heavy (non-hydrogen) atoms. The van der Waals surface area contributed by atoms with Crippen molar-refractivity contribution in [2.75, 3.05) is 5.32 Å². The molecule has 0 saturated heterocycles. The Bertz CT molecular complexity index is 962. The van der Waals surface area contributed by atoms with E-state index >= 15 is 0 Å². The Morgan fingerprint density at radius 1 is 1.26 bits per heavy atom. The van der Waals surface area contributed by atoms with Crippen LogP contribution in [0.1, 0.15) is 16.1 Å². The SMILES string of the molecule is Cc1occc1C(=O)Nc1cn[nH]c1-c1nc2ccccc2[nH]1. The van der Waals surface area contributed by atoms with Crippen molar-refractivity contribution in [2.45, 2.75) is 6.92 Å². The first-order valence-electron chi connectivity index (χ1n) is 7.06. The zero-order valence-electron chi connectivity index (χ0n) is 12.3. The molecule has 7 nitrogen and oxygen atoms in total. The van der Waals surface area contributed by atoms with E-state index in [9.17, 15) is 4.79 Å². The van der Waals surface area contributed by atoms with E-state index in [2.05, 4.69) is 25.5 Å². The van der Waals surface area contributed by atoms with Gasteiger partial charge in [-0.1, -0.05) is 12.1 Å². The molecule has 0 radical (unpaired) electrons. The summed E-state index contributed by atoms with van der Waals surface area (Å²) in [5.41, 5.74) is 3.42. The number of hydrogen-bond acceptors (Lipinski definition) is 4. The van der Waals surface area contributed by atoms with Crippen molar-refractivity contribution in [1.29, 1.82) is 0 Å². The maximum Gasteiger partial charge on any atom is 0.259 e. The Hall–Kier alpha value is -3.35. The lowest BCUT2D eigenvalue weighted by Gasteiger charge is -2.03. The van der Waals surface area contributed by atoms with E-state index in [0.29, 0.717) is 28.5 Å². The molecule has 4 aromatic rings. The molecular weight excluding hydrogens is 294 g/mol. The van der Waals surface area contributed by atoms with Crippen LogP contribution in [0, 0.1) is 6.92 Å². The number of hydrogen-bond donors (Lipinski definition) is 3. The van der Waals surface area contributed by atoms with Crippen molar-refractivity contribution in [3.8, 4) is 11.5 Å². The lowest BCUT2D eigenvalue weighted by atomic mass is 10.2. The molecule has 3 N–H and O–H groups in total. The van der Waals surface area contributed by atoms with Crippen molar-refractivity contribution in [3.63, 3.8) is 0 Å². The van der Waals surface area contributed by atoms with Crippen LogP contribution in [-0.2, 0) is 0 Å². The predicted octanol–water partition coefficient (Wildman–Crippen LogP) is 3.11. The van der Waals surface area contributed by atoms with Gasteiger partial charge in [0, 0.05) is 0 Å². The third kappa shape index (κ3) is 2.28. The van der Waals surface area contributed by atoms with Gasteiger partial charge in [0.2, 0.25) is 0 Å². The highest BCUT2D eigenvalue weighted by atomic mass is 16.3. The fraction of sp³-hybridized carbons (Fsp3) is 0.0625. The molecule has 3 aromatic heterocycles. The molecule has 0 fully saturated rings. The molecule has 0 aliphatic heterocycles. The van der Waals surface area contributed by atoms with E-state index in [1.807, 2.05) is 24.3 Å². The Morgan fingerprint density at radius 2 is 2.13 bits per heavy atom. The van der Waals surface area contributed by atoms with Crippen LogP contribution >= 0.6 is 0 Å². The molecular formula is C16H13N5O2. The Labute approximate surface area is 130 Å². The summed E-state index contributed by atoms with van der Waals surface area (Å²) in [4.78, 5) is 20.0. The van der Waals surface area contributed by atoms with Gasteiger partial charge in [-0.2, -0.15) is 5.10 Å². The monoisotopic (exact) mass is 307 g/mol. The lowest BCUT2D eigenvalue weighted by Crippen LogP contribution is -2.12. The van der Waals surface area contributed by atoms with E-state index < -0.39 is 0 Å². The molecule has 3 heterocycles. The molecule has 0 aliphatic carbocycles. The molecule has 0 saturated carbocycles. The van der Waals surface area contributed by atoms with Gasteiger partial charge in [0.15, 0.2) is 5.82 Å². The van der Waals surface area contributed by atoms with Crippen LogP contribution < -0.4 is 5.32 Å². The van der Waals surface area contributed by atoms with Crippen LogP contribution in [0.15, 0.2) is 47.2 Å². The average Bonchev–Trinajstić information content (AvgIpc) is 3.24. The highest BCUT2D eigenvalue weighted by molar-refractivity contribution is 6.06. The second-order valence-electron chi connectivity index (χ2n) is 5.11. The predicted molar refractivity (Wildman–Crippen MR) is 85.1 cm³/mol. The van der Waals surface area contributed by atoms with Gasteiger partial charge in [-0.25, -0.2) is 4.98 Å². The number of furan rings is 1. The third-order valence-electron chi connectivity index (χ3n) is 3.62. The maximum atomic E-state index is 12.3. The van der Waals surface area contributed by atoms with Gasteiger partial charge in [0.05, 0.1) is 34.7 Å². The first-order valence-corrected chi connectivity index (χ1v) is 7.06. The number of fused-ring (bicyclic) bond motifs is 1. The number of aromatic nitrogens is 4. The van der Waals surface area contributed by atoms with Crippen molar-refractivity contribution >= 4 is 22.6 Å². The third-order valence-corrected chi connectivity index (χ3v) is 3.62. The Morgan fingerprint density at radius 3 is 2.91 bits per heavy atom. The largest absolute Gasteiger partial charge is 0.469 e. The molecule has 0 atom stereocenters. The number of para-hydroxylation sites is 2. The molecule has 1 amide bonds. The number of amides is 1. The minimum absolute atomic E-state index is 0.255. The zero-order chi connectivity index (χ0) is 15.8. The number of rotatable bonds is 3. The average molecular weight is 307 g/mol. The van der Waals surface area contributed by atoms with Crippen molar-refractivity contribution in [1.82, 2.24) is 20.2 Å². The Balaban J connectivity index is 1.68. The number of carbonyl (C=O) groups excluding carboxylic acids is 1. The van der Waals surface area contributed by atoms with Gasteiger partial charge in [0.1, 0.15) is 11.5 Å². The van der Waals surface area contributed by atoms with E-state index in [-0.39, 0.29) is 5.91 Å². The summed E-state index contributed by atoms with van der Waals surface area (Å²) in [7, 11) is 0. The van der Waals surface area contributed by atoms with Crippen LogP contribution in [0.25, 0.3) is 22.6 Å². The fourth-order valence-electron chi connectivity index (χ4n) is 2.44. The second kappa shape index (κ2) is 5.13. The molecule has 0 aliphatic rings. The summed E-state index contributed by atoms with van der Waals surface area (Å²) in [5.74, 6) is 0.925.